The molecule has 0 radical (unpaired) electrons. The predicted molar refractivity (Wildman–Crippen MR) is 173 cm³/mol. The highest BCUT2D eigenvalue weighted by atomic mass is 16.7. The summed E-state index contributed by atoms with van der Waals surface area (Å²) >= 11 is 0. The van der Waals surface area contributed by atoms with Crippen molar-refractivity contribution >= 4 is 5.91 Å². The monoisotopic (exact) mass is 657 g/mol. The zero-order valence-corrected chi connectivity index (χ0v) is 27.9. The van der Waals surface area contributed by atoms with Crippen LogP contribution < -0.4 is 14.8 Å². The van der Waals surface area contributed by atoms with Crippen molar-refractivity contribution in [2.24, 2.45) is 0 Å². The van der Waals surface area contributed by atoms with Crippen molar-refractivity contribution in [2.45, 2.75) is 146 Å². The molecule has 0 aliphatic carbocycles. The van der Waals surface area contributed by atoms with Crippen LogP contribution in [-0.2, 0) is 20.7 Å². The highest BCUT2D eigenvalue weighted by Gasteiger charge is 2.44. The van der Waals surface area contributed by atoms with Crippen LogP contribution >= 0.6 is 0 Å². The minimum atomic E-state index is -1.65. The van der Waals surface area contributed by atoms with Gasteiger partial charge in [-0.3, -0.25) is 4.79 Å². The van der Waals surface area contributed by atoms with Crippen molar-refractivity contribution in [3.05, 3.63) is 23.8 Å². The van der Waals surface area contributed by atoms with Crippen molar-refractivity contribution in [2.75, 3.05) is 27.4 Å². The lowest BCUT2D eigenvalue weighted by Crippen LogP contribution is -2.60. The van der Waals surface area contributed by atoms with Gasteiger partial charge in [-0.2, -0.15) is 0 Å². The Labute approximate surface area is 274 Å². The van der Waals surface area contributed by atoms with Crippen LogP contribution in [-0.4, -0.2) is 113 Å². The quantitative estimate of drug-likeness (QED) is 0.0809. The smallest absolute Gasteiger partial charge is 0.224 e. The normalized spacial score (nSPS) is 23.5. The van der Waals surface area contributed by atoms with Gasteiger partial charge in [-0.25, -0.2) is 0 Å². The average molecular weight is 658 g/mol. The van der Waals surface area contributed by atoms with Gasteiger partial charge in [0.25, 0.3) is 0 Å². The number of hydrogen-bond donors (Lipinski definition) is 7. The molecule has 8 atom stereocenters. The van der Waals surface area contributed by atoms with Crippen LogP contribution in [0.5, 0.6) is 11.5 Å². The van der Waals surface area contributed by atoms with E-state index in [0.29, 0.717) is 29.9 Å². The lowest BCUT2D eigenvalue weighted by Gasteiger charge is -2.40. The Morgan fingerprint density at radius 3 is 2.04 bits per heavy atom. The summed E-state index contributed by atoms with van der Waals surface area (Å²) in [5.41, 5.74) is 0.541. The third kappa shape index (κ3) is 13.6. The zero-order valence-electron chi connectivity index (χ0n) is 27.9. The fraction of sp³-hybridized carbons (Fsp3) is 0.794. The first-order valence-electron chi connectivity index (χ1n) is 16.9. The van der Waals surface area contributed by atoms with Gasteiger partial charge in [-0.05, 0) is 24.6 Å². The molecule has 0 bridgehead atoms. The fourth-order valence-corrected chi connectivity index (χ4v) is 5.71. The molecule has 1 saturated heterocycles. The highest BCUT2D eigenvalue weighted by Crippen LogP contribution is 2.25. The van der Waals surface area contributed by atoms with Gasteiger partial charge in [0.1, 0.15) is 42.0 Å². The molecule has 1 aliphatic rings. The van der Waals surface area contributed by atoms with E-state index >= 15 is 0 Å². The Morgan fingerprint density at radius 2 is 1.48 bits per heavy atom. The second kappa shape index (κ2) is 22.5. The standard InChI is InChI=1S/C34H59NO11/c1-4-5-6-7-8-9-10-11-12-13-14-15-16-26(37)30(39)25(22-45-34-33(42)32(41)31(40)28(21-36)46-34)35-29(38)20-23-19-24(43-2)17-18-27(23)44-3/h17-19,25-26,28,30-34,36-37,39-42H,4-16,20-22H2,1-3H3,(H,35,38). The van der Waals surface area contributed by atoms with E-state index in [1.807, 2.05) is 0 Å². The van der Waals surface area contributed by atoms with Gasteiger partial charge in [0.2, 0.25) is 5.91 Å². The van der Waals surface area contributed by atoms with Gasteiger partial charge in [0, 0.05) is 5.56 Å². The maximum Gasteiger partial charge on any atom is 0.224 e. The van der Waals surface area contributed by atoms with Gasteiger partial charge in [-0.15, -0.1) is 0 Å². The Kier molecular flexibility index (Phi) is 19.7. The van der Waals surface area contributed by atoms with Crippen molar-refractivity contribution in [1.82, 2.24) is 5.32 Å². The fourth-order valence-electron chi connectivity index (χ4n) is 5.71. The molecule has 266 valence electrons. The van der Waals surface area contributed by atoms with Gasteiger partial charge in [-0.1, -0.05) is 84.0 Å². The molecule has 1 aromatic carbocycles. The van der Waals surface area contributed by atoms with Crippen LogP contribution in [0.4, 0.5) is 0 Å². The van der Waals surface area contributed by atoms with E-state index in [1.54, 1.807) is 18.2 Å². The summed E-state index contributed by atoms with van der Waals surface area (Å²) < 4.78 is 21.7. The summed E-state index contributed by atoms with van der Waals surface area (Å²) in [5, 5.41) is 64.7. The molecule has 12 heteroatoms. The van der Waals surface area contributed by atoms with Crippen LogP contribution in [0, 0.1) is 0 Å². The summed E-state index contributed by atoms with van der Waals surface area (Å²) in [4.78, 5) is 13.2. The second-order valence-corrected chi connectivity index (χ2v) is 12.3. The molecule has 1 amide bonds. The molecular weight excluding hydrogens is 598 g/mol. The van der Waals surface area contributed by atoms with Gasteiger partial charge >= 0.3 is 0 Å². The van der Waals surface area contributed by atoms with Crippen LogP contribution in [0.1, 0.15) is 96.0 Å². The summed E-state index contributed by atoms with van der Waals surface area (Å²) in [5.74, 6) is 0.507. The molecule has 7 N–H and O–H groups in total. The van der Waals surface area contributed by atoms with E-state index in [2.05, 4.69) is 12.2 Å². The number of rotatable bonds is 24. The number of nitrogens with one attached hydrogen (secondary N) is 1. The van der Waals surface area contributed by atoms with Crippen LogP contribution in [0.3, 0.4) is 0 Å². The maximum absolute atomic E-state index is 13.2. The number of ether oxygens (including phenoxy) is 4. The van der Waals surface area contributed by atoms with Crippen LogP contribution in [0.25, 0.3) is 0 Å². The van der Waals surface area contributed by atoms with E-state index in [4.69, 9.17) is 18.9 Å². The molecule has 0 saturated carbocycles. The lowest BCUT2D eigenvalue weighted by atomic mass is 9.98. The molecule has 1 aromatic rings. The average Bonchev–Trinajstić information content (AvgIpc) is 3.06. The summed E-state index contributed by atoms with van der Waals surface area (Å²) in [6.07, 6.45) is 4.11. The van der Waals surface area contributed by atoms with Crippen molar-refractivity contribution in [3.8, 4) is 11.5 Å². The van der Waals surface area contributed by atoms with Crippen molar-refractivity contribution < 1.29 is 54.4 Å². The summed E-state index contributed by atoms with van der Waals surface area (Å²) in [6, 6.07) is 3.92. The summed E-state index contributed by atoms with van der Waals surface area (Å²) in [6.45, 7) is 1.19. The Morgan fingerprint density at radius 1 is 0.870 bits per heavy atom. The number of carbonyl (C=O) groups excluding carboxylic acids is 1. The molecule has 1 aliphatic heterocycles. The highest BCUT2D eigenvalue weighted by molar-refractivity contribution is 5.80. The first kappa shape index (κ1) is 40.1. The Balaban J connectivity index is 1.94. The number of aliphatic hydroxyl groups excluding tert-OH is 6. The first-order chi connectivity index (χ1) is 22.2. The van der Waals surface area contributed by atoms with E-state index in [9.17, 15) is 35.4 Å². The van der Waals surface area contributed by atoms with Gasteiger partial charge < -0.3 is 54.9 Å². The Hall–Kier alpha value is -2.03. The molecule has 0 aromatic heterocycles. The van der Waals surface area contributed by atoms with Crippen molar-refractivity contribution in [1.29, 1.82) is 0 Å². The van der Waals surface area contributed by atoms with Gasteiger partial charge in [0.15, 0.2) is 6.29 Å². The molecule has 8 unspecified atom stereocenters. The molecule has 0 spiro atoms. The molecule has 12 nitrogen and oxygen atoms in total. The number of unbranched alkanes of at least 4 members (excludes halogenated alkanes) is 11. The van der Waals surface area contributed by atoms with Crippen molar-refractivity contribution in [3.63, 3.8) is 0 Å². The molecule has 1 fully saturated rings. The molecule has 2 rings (SSSR count). The third-order valence-electron chi connectivity index (χ3n) is 8.63. The second-order valence-electron chi connectivity index (χ2n) is 12.3. The number of methoxy groups -OCH3 is 2. The van der Waals surface area contributed by atoms with E-state index in [1.165, 1.54) is 65.6 Å². The van der Waals surface area contributed by atoms with Crippen LogP contribution in [0.2, 0.25) is 0 Å². The molecule has 46 heavy (non-hydrogen) atoms. The predicted octanol–water partition coefficient (Wildman–Crippen LogP) is 2.36. The minimum absolute atomic E-state index is 0.127. The number of benzene rings is 1. The number of amides is 1. The maximum atomic E-state index is 13.2. The number of carbonyl (C=O) groups is 1. The van der Waals surface area contributed by atoms with Gasteiger partial charge in [0.05, 0.1) is 46.0 Å². The topological polar surface area (TPSA) is 187 Å². The minimum Gasteiger partial charge on any atom is -0.497 e. The third-order valence-corrected chi connectivity index (χ3v) is 8.63. The zero-order chi connectivity index (χ0) is 33.9. The summed E-state index contributed by atoms with van der Waals surface area (Å²) in [7, 11) is 2.99. The van der Waals surface area contributed by atoms with Crippen LogP contribution in [0.15, 0.2) is 18.2 Å². The van der Waals surface area contributed by atoms with E-state index in [0.717, 1.165) is 19.3 Å². The molecule has 1 heterocycles. The largest absolute Gasteiger partial charge is 0.497 e. The first-order valence-corrected chi connectivity index (χ1v) is 16.9. The number of aliphatic hydroxyl groups is 6. The lowest BCUT2D eigenvalue weighted by molar-refractivity contribution is -0.303. The Bertz CT molecular complexity index is 965. The SMILES string of the molecule is CCCCCCCCCCCCCCC(O)C(O)C(COC1OC(CO)C(O)C(O)C1O)NC(=O)Cc1cc(OC)ccc1OC. The van der Waals surface area contributed by atoms with E-state index < -0.39 is 68.1 Å². The molecular formula is C34H59NO11. The van der Waals surface area contributed by atoms with E-state index in [-0.39, 0.29) is 6.42 Å². The number of hydrogen-bond acceptors (Lipinski definition) is 11.